The molecule has 0 aliphatic heterocycles. The van der Waals surface area contributed by atoms with E-state index in [9.17, 15) is 4.79 Å². The van der Waals surface area contributed by atoms with Gasteiger partial charge in [-0.2, -0.15) is 0 Å². The van der Waals surface area contributed by atoms with Crippen LogP contribution >= 0.6 is 57.6 Å². The predicted octanol–water partition coefficient (Wildman–Crippen LogP) is 6.34. The van der Waals surface area contributed by atoms with Gasteiger partial charge in [0.1, 0.15) is 5.75 Å². The normalized spacial score (nSPS) is 10.9. The maximum Gasteiger partial charge on any atom is 0.277 e. The first-order chi connectivity index (χ1) is 14.8. The molecule has 6 nitrogen and oxygen atoms in total. The zero-order valence-corrected chi connectivity index (χ0v) is 21.4. The van der Waals surface area contributed by atoms with Gasteiger partial charge in [0, 0.05) is 20.7 Å². The van der Waals surface area contributed by atoms with Crippen molar-refractivity contribution in [2.45, 2.75) is 31.9 Å². The zero-order chi connectivity index (χ0) is 22.4. The van der Waals surface area contributed by atoms with E-state index in [1.807, 2.05) is 26.0 Å². The lowest BCUT2D eigenvalue weighted by Gasteiger charge is -2.11. The molecule has 31 heavy (non-hydrogen) atoms. The number of nitrogens with one attached hydrogen (secondary N) is 1. The van der Waals surface area contributed by atoms with Crippen LogP contribution in [0.15, 0.2) is 40.0 Å². The van der Waals surface area contributed by atoms with E-state index in [4.69, 9.17) is 32.4 Å². The molecule has 0 fully saturated rings. The average molecular weight is 592 g/mol. The summed E-state index contributed by atoms with van der Waals surface area (Å²) in [6, 6.07) is 9.16. The van der Waals surface area contributed by atoms with Crippen molar-refractivity contribution in [2.24, 2.45) is 0 Å². The highest BCUT2D eigenvalue weighted by Gasteiger charge is 2.12. The Morgan fingerprint density at radius 2 is 1.94 bits per heavy atom. The number of rotatable bonds is 9. The molecule has 1 amide bonds. The van der Waals surface area contributed by atoms with Gasteiger partial charge in [-0.1, -0.05) is 35.0 Å². The number of hydrogen-bond acceptors (Lipinski definition) is 6. The summed E-state index contributed by atoms with van der Waals surface area (Å²) in [5.74, 6) is 1.14. The SMILES string of the molecule is Cc1cc(I)cc(C)c1NC(=O)CSc1nnc(CCCOc2ccc(Cl)cc2Cl)o1. The number of carbonyl (C=O) groups excluding carboxylic acids is 1. The number of hydrogen-bond donors (Lipinski definition) is 1. The topological polar surface area (TPSA) is 77.2 Å². The Hall–Kier alpha value is -1.49. The van der Waals surface area contributed by atoms with Crippen molar-refractivity contribution in [2.75, 3.05) is 17.7 Å². The zero-order valence-electron chi connectivity index (χ0n) is 16.9. The Balaban J connectivity index is 1.42. The van der Waals surface area contributed by atoms with E-state index in [2.05, 4.69) is 38.1 Å². The molecule has 0 saturated carbocycles. The number of thioether (sulfide) groups is 1. The fraction of sp³-hybridized carbons (Fsp3) is 0.286. The summed E-state index contributed by atoms with van der Waals surface area (Å²) in [4.78, 5) is 12.3. The largest absolute Gasteiger partial charge is 0.492 e. The third kappa shape index (κ3) is 7.27. The molecule has 3 rings (SSSR count). The summed E-state index contributed by atoms with van der Waals surface area (Å²) in [5.41, 5.74) is 2.91. The van der Waals surface area contributed by atoms with Crippen LogP contribution in [0.2, 0.25) is 10.0 Å². The number of benzene rings is 2. The average Bonchev–Trinajstić information content (AvgIpc) is 3.15. The number of carbonyl (C=O) groups is 1. The molecule has 0 bridgehead atoms. The van der Waals surface area contributed by atoms with E-state index in [1.54, 1.807) is 18.2 Å². The van der Waals surface area contributed by atoms with E-state index < -0.39 is 0 Å². The van der Waals surface area contributed by atoms with E-state index >= 15 is 0 Å². The molecule has 0 radical (unpaired) electrons. The van der Waals surface area contributed by atoms with Crippen LogP contribution in [0.5, 0.6) is 5.75 Å². The van der Waals surface area contributed by atoms with Crippen molar-refractivity contribution in [1.82, 2.24) is 10.2 Å². The monoisotopic (exact) mass is 591 g/mol. The Morgan fingerprint density at radius 1 is 1.19 bits per heavy atom. The lowest BCUT2D eigenvalue weighted by atomic mass is 10.1. The minimum Gasteiger partial charge on any atom is -0.492 e. The second kappa shape index (κ2) is 11.4. The van der Waals surface area contributed by atoms with Crippen molar-refractivity contribution < 1.29 is 13.9 Å². The van der Waals surface area contributed by atoms with Crippen LogP contribution in [-0.4, -0.2) is 28.5 Å². The van der Waals surface area contributed by atoms with E-state index in [-0.39, 0.29) is 11.7 Å². The standard InChI is InChI=1S/C21H20Cl2IN3O3S/c1-12-8-15(24)9-13(2)20(12)25-18(28)11-31-21-27-26-19(30-21)4-3-7-29-17-6-5-14(22)10-16(17)23/h5-6,8-10H,3-4,7,11H2,1-2H3,(H,25,28). The predicted molar refractivity (Wildman–Crippen MR) is 133 cm³/mol. The molecule has 1 aromatic heterocycles. The van der Waals surface area contributed by atoms with Crippen molar-refractivity contribution in [3.8, 4) is 5.75 Å². The van der Waals surface area contributed by atoms with Crippen LogP contribution in [0, 0.1) is 17.4 Å². The molecule has 0 aliphatic rings. The molecular weight excluding hydrogens is 572 g/mol. The van der Waals surface area contributed by atoms with E-state index in [0.717, 1.165) is 20.4 Å². The fourth-order valence-corrected chi connectivity index (χ4v) is 4.78. The van der Waals surface area contributed by atoms with Gasteiger partial charge in [0.05, 0.1) is 17.4 Å². The highest BCUT2D eigenvalue weighted by atomic mass is 127. The number of ether oxygens (including phenoxy) is 1. The fourth-order valence-electron chi connectivity index (χ4n) is 2.81. The van der Waals surface area contributed by atoms with Crippen LogP contribution in [0.4, 0.5) is 5.69 Å². The van der Waals surface area contributed by atoms with Gasteiger partial charge in [0.2, 0.25) is 11.8 Å². The van der Waals surface area contributed by atoms with Crippen LogP contribution in [-0.2, 0) is 11.2 Å². The Bertz CT molecular complexity index is 1050. The van der Waals surface area contributed by atoms with E-state index in [0.29, 0.717) is 46.4 Å². The summed E-state index contributed by atoms with van der Waals surface area (Å²) >= 11 is 15.4. The molecular formula is C21H20Cl2IN3O3S. The van der Waals surface area contributed by atoms with Crippen LogP contribution in [0.3, 0.4) is 0 Å². The number of nitrogens with zero attached hydrogens (tertiary/aromatic N) is 2. The summed E-state index contributed by atoms with van der Waals surface area (Å²) in [6.07, 6.45) is 1.24. The number of anilines is 1. The van der Waals surface area contributed by atoms with Gasteiger partial charge in [-0.15, -0.1) is 10.2 Å². The van der Waals surface area contributed by atoms with Crippen molar-refractivity contribution in [3.63, 3.8) is 0 Å². The second-order valence-electron chi connectivity index (χ2n) is 6.74. The Kier molecular flexibility index (Phi) is 8.88. The summed E-state index contributed by atoms with van der Waals surface area (Å²) in [6.45, 7) is 4.41. The molecule has 0 aliphatic carbocycles. The van der Waals surface area contributed by atoms with Gasteiger partial charge >= 0.3 is 0 Å². The first kappa shape index (κ1) is 24.2. The van der Waals surface area contributed by atoms with Crippen LogP contribution in [0.1, 0.15) is 23.4 Å². The summed E-state index contributed by atoms with van der Waals surface area (Å²) < 4.78 is 12.4. The van der Waals surface area contributed by atoms with Crippen molar-refractivity contribution in [3.05, 3.63) is 61.0 Å². The molecule has 10 heteroatoms. The molecule has 0 spiro atoms. The van der Waals surface area contributed by atoms with Gasteiger partial charge in [-0.25, -0.2) is 0 Å². The molecule has 0 unspecified atom stereocenters. The number of amides is 1. The number of aryl methyl sites for hydroxylation is 3. The molecule has 3 aromatic rings. The molecule has 2 aromatic carbocycles. The van der Waals surface area contributed by atoms with Gasteiger partial charge in [-0.3, -0.25) is 4.79 Å². The lowest BCUT2D eigenvalue weighted by Crippen LogP contribution is -2.16. The first-order valence-electron chi connectivity index (χ1n) is 9.41. The highest BCUT2D eigenvalue weighted by Crippen LogP contribution is 2.28. The maximum absolute atomic E-state index is 12.3. The van der Waals surface area contributed by atoms with Crippen molar-refractivity contribution in [1.29, 1.82) is 0 Å². The van der Waals surface area contributed by atoms with Crippen LogP contribution in [0.25, 0.3) is 0 Å². The molecule has 1 heterocycles. The summed E-state index contributed by atoms with van der Waals surface area (Å²) in [5, 5.41) is 12.4. The third-order valence-corrected chi connectivity index (χ3v) is 6.20. The van der Waals surface area contributed by atoms with Gasteiger partial charge in [0.25, 0.3) is 5.22 Å². The number of halogens is 3. The molecule has 1 N–H and O–H groups in total. The summed E-state index contributed by atoms with van der Waals surface area (Å²) in [7, 11) is 0. The molecule has 164 valence electrons. The molecule has 0 saturated heterocycles. The second-order valence-corrected chi connectivity index (χ2v) is 9.76. The van der Waals surface area contributed by atoms with Gasteiger partial charge < -0.3 is 14.5 Å². The Labute approximate surface area is 208 Å². The van der Waals surface area contributed by atoms with E-state index in [1.165, 1.54) is 11.8 Å². The third-order valence-electron chi connectivity index (χ3n) is 4.22. The minimum atomic E-state index is -0.120. The minimum absolute atomic E-state index is 0.120. The lowest BCUT2D eigenvalue weighted by molar-refractivity contribution is -0.113. The van der Waals surface area contributed by atoms with Crippen molar-refractivity contribution >= 4 is 69.1 Å². The smallest absolute Gasteiger partial charge is 0.277 e. The Morgan fingerprint density at radius 3 is 2.65 bits per heavy atom. The quantitative estimate of drug-likeness (QED) is 0.178. The van der Waals surface area contributed by atoms with Gasteiger partial charge in [0.15, 0.2) is 0 Å². The first-order valence-corrected chi connectivity index (χ1v) is 12.2. The van der Waals surface area contributed by atoms with Gasteiger partial charge in [-0.05, 0) is 84.3 Å². The van der Waals surface area contributed by atoms with Crippen LogP contribution < -0.4 is 10.1 Å². The number of aromatic nitrogens is 2. The highest BCUT2D eigenvalue weighted by molar-refractivity contribution is 14.1. The maximum atomic E-state index is 12.3. The molecule has 0 atom stereocenters.